The van der Waals surface area contributed by atoms with E-state index < -0.39 is 0 Å². The summed E-state index contributed by atoms with van der Waals surface area (Å²) in [5.74, 6) is 0. The lowest BCUT2D eigenvalue weighted by atomic mass is 10.1. The molecule has 2 aromatic rings. The van der Waals surface area contributed by atoms with Gasteiger partial charge in [0.1, 0.15) is 11.5 Å². The van der Waals surface area contributed by atoms with Gasteiger partial charge in [0.25, 0.3) is 0 Å². The molecule has 2 heterocycles. The van der Waals surface area contributed by atoms with E-state index >= 15 is 0 Å². The first-order valence-corrected chi connectivity index (χ1v) is 6.00. The van der Waals surface area contributed by atoms with E-state index in [2.05, 4.69) is 27.0 Å². The van der Waals surface area contributed by atoms with Crippen molar-refractivity contribution in [2.24, 2.45) is 0 Å². The lowest BCUT2D eigenvalue weighted by molar-refractivity contribution is 0.705. The molecule has 0 aliphatic carbocycles. The molecule has 3 rings (SSSR count). The highest BCUT2D eigenvalue weighted by atomic mass is 35.5. The average molecular weight is 246 g/mol. The van der Waals surface area contributed by atoms with Crippen LogP contribution in [0.3, 0.4) is 0 Å². The highest BCUT2D eigenvalue weighted by Gasteiger charge is 2.20. The molecule has 0 saturated heterocycles. The van der Waals surface area contributed by atoms with E-state index in [9.17, 15) is 0 Å². The number of hydrogen-bond donors (Lipinski definition) is 0. The fourth-order valence-electron chi connectivity index (χ4n) is 2.17. The van der Waals surface area contributed by atoms with Crippen molar-refractivity contribution in [3.05, 3.63) is 53.1 Å². The van der Waals surface area contributed by atoms with Crippen LogP contribution < -0.4 is 4.90 Å². The van der Waals surface area contributed by atoms with Crippen molar-refractivity contribution in [2.75, 3.05) is 11.4 Å². The molecule has 3 nitrogen and oxygen atoms in total. The van der Waals surface area contributed by atoms with Crippen LogP contribution in [0.1, 0.15) is 11.3 Å². The summed E-state index contributed by atoms with van der Waals surface area (Å²) in [5, 5.41) is 0.579. The number of rotatable bonds is 1. The van der Waals surface area contributed by atoms with E-state index in [4.69, 9.17) is 11.6 Å². The van der Waals surface area contributed by atoms with Crippen LogP contribution in [-0.4, -0.2) is 16.5 Å². The predicted molar refractivity (Wildman–Crippen MR) is 68.2 cm³/mol. The van der Waals surface area contributed by atoms with Crippen molar-refractivity contribution in [1.82, 2.24) is 9.97 Å². The second kappa shape index (κ2) is 4.34. The molecule has 0 unspecified atom stereocenters. The minimum Gasteiger partial charge on any atom is -0.367 e. The van der Waals surface area contributed by atoms with E-state index in [0.717, 1.165) is 30.8 Å². The largest absolute Gasteiger partial charge is 0.367 e. The fraction of sp³-hybridized carbons (Fsp3) is 0.231. The van der Waals surface area contributed by atoms with Gasteiger partial charge in [0.05, 0.1) is 5.69 Å². The maximum Gasteiger partial charge on any atom is 0.137 e. The van der Waals surface area contributed by atoms with Gasteiger partial charge >= 0.3 is 0 Å². The average Bonchev–Trinajstić information content (AvgIpc) is 2.40. The molecule has 1 aliphatic rings. The highest BCUT2D eigenvalue weighted by Crippen LogP contribution is 2.26. The Morgan fingerprint density at radius 2 is 1.94 bits per heavy atom. The molecular formula is C13H12ClN3. The van der Waals surface area contributed by atoms with E-state index in [1.54, 1.807) is 6.33 Å². The molecular weight excluding hydrogens is 234 g/mol. The van der Waals surface area contributed by atoms with Gasteiger partial charge in [-0.1, -0.05) is 29.8 Å². The van der Waals surface area contributed by atoms with Crippen LogP contribution in [0, 0.1) is 0 Å². The number of anilines is 1. The monoisotopic (exact) mass is 245 g/mol. The van der Waals surface area contributed by atoms with Gasteiger partial charge in [0, 0.05) is 30.8 Å². The molecule has 0 fully saturated rings. The number of benzene rings is 1. The van der Waals surface area contributed by atoms with E-state index in [-0.39, 0.29) is 0 Å². The SMILES string of the molecule is Clc1ncnc2c1CN(c1ccccc1)CC2. The lowest BCUT2D eigenvalue weighted by Crippen LogP contribution is -2.31. The van der Waals surface area contributed by atoms with Crippen LogP contribution in [0.5, 0.6) is 0 Å². The van der Waals surface area contributed by atoms with Crippen molar-refractivity contribution in [2.45, 2.75) is 13.0 Å². The molecule has 0 amide bonds. The number of hydrogen-bond acceptors (Lipinski definition) is 3. The molecule has 0 spiro atoms. The molecule has 0 radical (unpaired) electrons. The predicted octanol–water partition coefficient (Wildman–Crippen LogP) is 2.69. The summed E-state index contributed by atoms with van der Waals surface area (Å²) in [7, 11) is 0. The molecule has 1 aromatic heterocycles. The number of nitrogens with zero attached hydrogens (tertiary/aromatic N) is 3. The Morgan fingerprint density at radius 3 is 2.76 bits per heavy atom. The second-order valence-corrected chi connectivity index (χ2v) is 4.45. The van der Waals surface area contributed by atoms with Crippen molar-refractivity contribution in [3.63, 3.8) is 0 Å². The van der Waals surface area contributed by atoms with Gasteiger partial charge in [-0.3, -0.25) is 0 Å². The summed E-state index contributed by atoms with van der Waals surface area (Å²) in [6.45, 7) is 1.77. The van der Waals surface area contributed by atoms with Gasteiger partial charge < -0.3 is 4.90 Å². The van der Waals surface area contributed by atoms with Crippen molar-refractivity contribution in [3.8, 4) is 0 Å². The van der Waals surface area contributed by atoms with Crippen molar-refractivity contribution < 1.29 is 0 Å². The summed E-state index contributed by atoms with van der Waals surface area (Å²) in [4.78, 5) is 10.6. The third-order valence-corrected chi connectivity index (χ3v) is 3.40. The summed E-state index contributed by atoms with van der Waals surface area (Å²) in [5.41, 5.74) is 3.36. The van der Waals surface area contributed by atoms with Gasteiger partial charge in [-0.2, -0.15) is 0 Å². The Balaban J connectivity index is 1.93. The number of fused-ring (bicyclic) bond motifs is 1. The zero-order valence-electron chi connectivity index (χ0n) is 9.31. The maximum absolute atomic E-state index is 6.12. The van der Waals surface area contributed by atoms with Crippen LogP contribution >= 0.6 is 11.6 Å². The first-order valence-electron chi connectivity index (χ1n) is 5.63. The Hall–Kier alpha value is -1.61. The van der Waals surface area contributed by atoms with Crippen LogP contribution in [0.25, 0.3) is 0 Å². The molecule has 0 atom stereocenters. The van der Waals surface area contributed by atoms with Gasteiger partial charge in [-0.15, -0.1) is 0 Å². The Bertz CT molecular complexity index is 527. The molecule has 0 bridgehead atoms. The lowest BCUT2D eigenvalue weighted by Gasteiger charge is -2.30. The molecule has 1 aromatic carbocycles. The number of aromatic nitrogens is 2. The van der Waals surface area contributed by atoms with Crippen LogP contribution in [0.15, 0.2) is 36.7 Å². The minimum absolute atomic E-state index is 0.579. The fourth-order valence-corrected chi connectivity index (χ4v) is 2.38. The van der Waals surface area contributed by atoms with Crippen molar-refractivity contribution in [1.29, 1.82) is 0 Å². The minimum atomic E-state index is 0.579. The Morgan fingerprint density at radius 1 is 1.12 bits per heavy atom. The topological polar surface area (TPSA) is 29.0 Å². The van der Waals surface area contributed by atoms with Gasteiger partial charge in [0.15, 0.2) is 0 Å². The van der Waals surface area contributed by atoms with Gasteiger partial charge in [-0.05, 0) is 12.1 Å². The number of para-hydroxylation sites is 1. The zero-order valence-corrected chi connectivity index (χ0v) is 10.1. The zero-order chi connectivity index (χ0) is 11.7. The standard InChI is InChI=1S/C13H12ClN3/c14-13-11-8-17(10-4-2-1-3-5-10)7-6-12(11)15-9-16-13/h1-5,9H,6-8H2. The first kappa shape index (κ1) is 10.5. The van der Waals surface area contributed by atoms with Crippen molar-refractivity contribution >= 4 is 17.3 Å². The van der Waals surface area contributed by atoms with E-state index in [1.165, 1.54) is 5.69 Å². The summed E-state index contributed by atoms with van der Waals surface area (Å²) in [6.07, 6.45) is 2.46. The van der Waals surface area contributed by atoms with Gasteiger partial charge in [0.2, 0.25) is 0 Å². The first-order chi connectivity index (χ1) is 8.34. The van der Waals surface area contributed by atoms with E-state index in [0.29, 0.717) is 5.15 Å². The molecule has 0 saturated carbocycles. The smallest absolute Gasteiger partial charge is 0.137 e. The van der Waals surface area contributed by atoms with Crippen LogP contribution in [0.4, 0.5) is 5.69 Å². The molecule has 1 aliphatic heterocycles. The molecule has 0 N–H and O–H groups in total. The molecule has 86 valence electrons. The third kappa shape index (κ3) is 1.98. The van der Waals surface area contributed by atoms with Crippen LogP contribution in [-0.2, 0) is 13.0 Å². The summed E-state index contributed by atoms with van der Waals surface area (Å²) >= 11 is 6.12. The molecule has 4 heteroatoms. The Kier molecular flexibility index (Phi) is 2.69. The third-order valence-electron chi connectivity index (χ3n) is 3.07. The summed E-state index contributed by atoms with van der Waals surface area (Å²) in [6, 6.07) is 10.4. The van der Waals surface area contributed by atoms with E-state index in [1.807, 2.05) is 18.2 Å². The van der Waals surface area contributed by atoms with Crippen LogP contribution in [0.2, 0.25) is 5.15 Å². The normalized spacial score (nSPS) is 14.5. The Labute approximate surface area is 105 Å². The quantitative estimate of drug-likeness (QED) is 0.724. The number of halogens is 1. The maximum atomic E-state index is 6.12. The second-order valence-electron chi connectivity index (χ2n) is 4.10. The van der Waals surface area contributed by atoms with Gasteiger partial charge in [-0.25, -0.2) is 9.97 Å². The summed E-state index contributed by atoms with van der Waals surface area (Å²) < 4.78 is 0. The molecule has 17 heavy (non-hydrogen) atoms. The highest BCUT2D eigenvalue weighted by molar-refractivity contribution is 6.30.